The highest BCUT2D eigenvalue weighted by Crippen LogP contribution is 2.07. The molecule has 10 heteroatoms. The second kappa shape index (κ2) is 6.75. The van der Waals surface area contributed by atoms with E-state index in [1.807, 2.05) is 0 Å². The number of aromatic amines is 1. The topological polar surface area (TPSA) is 150 Å². The minimum atomic E-state index is -1.18. The van der Waals surface area contributed by atoms with Gasteiger partial charge >= 0.3 is 11.7 Å². The van der Waals surface area contributed by atoms with Crippen LogP contribution < -0.4 is 11.2 Å². The Morgan fingerprint density at radius 1 is 1.35 bits per heavy atom. The van der Waals surface area contributed by atoms with Crippen molar-refractivity contribution in [3.63, 3.8) is 0 Å². The molecule has 0 aliphatic heterocycles. The number of fused-ring (bicyclic) bond motifs is 1. The first-order valence-corrected chi connectivity index (χ1v) is 7.02. The number of aliphatic hydroxyl groups is 2. The van der Waals surface area contributed by atoms with Crippen LogP contribution >= 0.6 is 0 Å². The van der Waals surface area contributed by atoms with E-state index in [-0.39, 0.29) is 30.6 Å². The van der Waals surface area contributed by atoms with Gasteiger partial charge in [-0.1, -0.05) is 0 Å². The maximum Gasteiger partial charge on any atom is 0.332 e. The molecule has 0 aromatic carbocycles. The average Bonchev–Trinajstić information content (AvgIpc) is 2.93. The molecule has 23 heavy (non-hydrogen) atoms. The molecule has 2 heterocycles. The number of carboxylic acid groups (broad SMARTS) is 1. The molecule has 0 aliphatic carbocycles. The van der Waals surface area contributed by atoms with E-state index in [1.54, 1.807) is 0 Å². The SMILES string of the molecule is Cn1c(=O)n(CC[C@@H](O)C[C@@H](O)CC(=O)O)c(=O)c2[nH]cnc21. The lowest BCUT2D eigenvalue weighted by atomic mass is 10.1. The number of aliphatic carboxylic acids is 1. The molecule has 0 saturated heterocycles. The maximum atomic E-state index is 12.2. The van der Waals surface area contributed by atoms with Gasteiger partial charge in [0, 0.05) is 13.6 Å². The summed E-state index contributed by atoms with van der Waals surface area (Å²) in [5, 5.41) is 27.8. The number of aromatic nitrogens is 4. The van der Waals surface area contributed by atoms with Gasteiger partial charge < -0.3 is 20.3 Å². The number of carboxylic acids is 1. The van der Waals surface area contributed by atoms with Crippen LogP contribution in [-0.2, 0) is 18.4 Å². The number of carbonyl (C=O) groups is 1. The number of nitrogens with zero attached hydrogens (tertiary/aromatic N) is 3. The van der Waals surface area contributed by atoms with E-state index in [1.165, 1.54) is 17.9 Å². The van der Waals surface area contributed by atoms with Crippen LogP contribution in [0.3, 0.4) is 0 Å². The van der Waals surface area contributed by atoms with E-state index in [2.05, 4.69) is 9.97 Å². The van der Waals surface area contributed by atoms with Crippen molar-refractivity contribution >= 4 is 17.1 Å². The van der Waals surface area contributed by atoms with Crippen LogP contribution in [0.4, 0.5) is 0 Å². The van der Waals surface area contributed by atoms with Gasteiger partial charge in [0.2, 0.25) is 0 Å². The van der Waals surface area contributed by atoms with Crippen molar-refractivity contribution in [1.82, 2.24) is 19.1 Å². The lowest BCUT2D eigenvalue weighted by Gasteiger charge is -2.15. The lowest BCUT2D eigenvalue weighted by molar-refractivity contribution is -0.139. The lowest BCUT2D eigenvalue weighted by Crippen LogP contribution is -2.40. The largest absolute Gasteiger partial charge is 0.481 e. The minimum absolute atomic E-state index is 0.0332. The van der Waals surface area contributed by atoms with Crippen molar-refractivity contribution in [2.45, 2.75) is 38.0 Å². The number of hydrogen-bond donors (Lipinski definition) is 4. The van der Waals surface area contributed by atoms with Crippen LogP contribution in [0, 0.1) is 0 Å². The summed E-state index contributed by atoms with van der Waals surface area (Å²) in [4.78, 5) is 41.4. The van der Waals surface area contributed by atoms with E-state index in [0.29, 0.717) is 0 Å². The van der Waals surface area contributed by atoms with Crippen LogP contribution in [-0.4, -0.2) is 52.6 Å². The molecule has 0 bridgehead atoms. The number of aryl methyl sites for hydroxylation is 1. The Kier molecular flexibility index (Phi) is 4.96. The van der Waals surface area contributed by atoms with Gasteiger partial charge in [0.1, 0.15) is 5.52 Å². The number of imidazole rings is 1. The normalized spacial score (nSPS) is 14.0. The number of nitrogens with one attached hydrogen (secondary N) is 1. The summed E-state index contributed by atoms with van der Waals surface area (Å²) < 4.78 is 2.19. The molecule has 2 atom stereocenters. The fourth-order valence-corrected chi connectivity index (χ4v) is 2.38. The molecule has 0 unspecified atom stereocenters. The Balaban J connectivity index is 2.12. The van der Waals surface area contributed by atoms with E-state index in [9.17, 15) is 24.6 Å². The van der Waals surface area contributed by atoms with Crippen LogP contribution in [0.5, 0.6) is 0 Å². The summed E-state index contributed by atoms with van der Waals surface area (Å²) >= 11 is 0. The van der Waals surface area contributed by atoms with Gasteiger partial charge in [0.15, 0.2) is 5.65 Å². The zero-order chi connectivity index (χ0) is 17.1. The number of aliphatic hydroxyl groups excluding tert-OH is 2. The first-order chi connectivity index (χ1) is 10.8. The maximum absolute atomic E-state index is 12.2. The molecule has 4 N–H and O–H groups in total. The molecule has 2 aromatic rings. The molecular weight excluding hydrogens is 308 g/mol. The van der Waals surface area contributed by atoms with Crippen molar-refractivity contribution in [2.24, 2.45) is 7.05 Å². The molecule has 2 aromatic heterocycles. The van der Waals surface area contributed by atoms with E-state index in [0.717, 1.165) is 4.57 Å². The van der Waals surface area contributed by atoms with Gasteiger partial charge in [-0.2, -0.15) is 0 Å². The van der Waals surface area contributed by atoms with E-state index >= 15 is 0 Å². The zero-order valence-corrected chi connectivity index (χ0v) is 12.5. The van der Waals surface area contributed by atoms with Gasteiger partial charge in [-0.05, 0) is 12.8 Å². The summed E-state index contributed by atoms with van der Waals surface area (Å²) in [5.41, 5.74) is -0.673. The second-order valence-electron chi connectivity index (χ2n) is 5.33. The Hall–Kier alpha value is -2.46. The van der Waals surface area contributed by atoms with Crippen molar-refractivity contribution in [2.75, 3.05) is 0 Å². The smallest absolute Gasteiger partial charge is 0.332 e. The fraction of sp³-hybridized carbons (Fsp3) is 0.538. The van der Waals surface area contributed by atoms with Gasteiger partial charge in [-0.25, -0.2) is 9.78 Å². The molecule has 126 valence electrons. The number of rotatable bonds is 7. The summed E-state index contributed by atoms with van der Waals surface area (Å²) in [6, 6.07) is 0. The van der Waals surface area contributed by atoms with Gasteiger partial charge in [-0.3, -0.25) is 18.7 Å². The van der Waals surface area contributed by atoms with E-state index in [4.69, 9.17) is 5.11 Å². The molecule has 0 saturated carbocycles. The molecule has 0 fully saturated rings. The molecule has 0 amide bonds. The third kappa shape index (κ3) is 3.66. The van der Waals surface area contributed by atoms with Crippen molar-refractivity contribution in [3.05, 3.63) is 27.2 Å². The standard InChI is InChI=1S/C13H18N4O6/c1-16-11-10(14-6-15-11)12(22)17(13(16)23)3-2-7(18)4-8(19)5-9(20)21/h6-8,18-19H,2-5H2,1H3,(H,14,15)(H,20,21)/t7-,8-/m1/s1. The van der Waals surface area contributed by atoms with Crippen LogP contribution in [0.2, 0.25) is 0 Å². The molecular formula is C13H18N4O6. The van der Waals surface area contributed by atoms with Gasteiger partial charge in [-0.15, -0.1) is 0 Å². The predicted molar refractivity (Wildman–Crippen MR) is 79.1 cm³/mol. The second-order valence-corrected chi connectivity index (χ2v) is 5.33. The molecule has 10 nitrogen and oxygen atoms in total. The average molecular weight is 326 g/mol. The molecule has 2 rings (SSSR count). The predicted octanol–water partition coefficient (Wildman–Crippen LogP) is -1.60. The van der Waals surface area contributed by atoms with E-state index < -0.39 is 35.8 Å². The highest BCUT2D eigenvalue weighted by molar-refractivity contribution is 5.68. The van der Waals surface area contributed by atoms with Gasteiger partial charge in [0.05, 0.1) is 25.0 Å². The number of H-pyrrole nitrogens is 1. The summed E-state index contributed by atoms with van der Waals surface area (Å²) in [6.07, 6.45) is -1.49. The Morgan fingerprint density at radius 2 is 2.04 bits per heavy atom. The van der Waals surface area contributed by atoms with Crippen molar-refractivity contribution in [1.29, 1.82) is 0 Å². The summed E-state index contributed by atoms with van der Waals surface area (Å²) in [6.45, 7) is -0.0541. The monoisotopic (exact) mass is 326 g/mol. The van der Waals surface area contributed by atoms with Crippen LogP contribution in [0.25, 0.3) is 11.2 Å². The first kappa shape index (κ1) is 16.9. The summed E-state index contributed by atoms with van der Waals surface area (Å²) in [7, 11) is 1.48. The summed E-state index contributed by atoms with van der Waals surface area (Å²) in [5.74, 6) is -1.17. The molecule has 0 radical (unpaired) electrons. The van der Waals surface area contributed by atoms with Crippen LogP contribution in [0.1, 0.15) is 19.3 Å². The highest BCUT2D eigenvalue weighted by atomic mass is 16.4. The third-order valence-corrected chi connectivity index (χ3v) is 3.55. The van der Waals surface area contributed by atoms with Crippen LogP contribution in [0.15, 0.2) is 15.9 Å². The Morgan fingerprint density at radius 3 is 2.70 bits per heavy atom. The fourth-order valence-electron chi connectivity index (χ4n) is 2.38. The Bertz CT molecular complexity index is 820. The number of hydrogen-bond acceptors (Lipinski definition) is 6. The highest BCUT2D eigenvalue weighted by Gasteiger charge is 2.17. The quantitative estimate of drug-likeness (QED) is 0.478. The molecule has 0 aliphatic rings. The van der Waals surface area contributed by atoms with Crippen molar-refractivity contribution < 1.29 is 20.1 Å². The zero-order valence-electron chi connectivity index (χ0n) is 12.5. The van der Waals surface area contributed by atoms with Crippen molar-refractivity contribution in [3.8, 4) is 0 Å². The molecule has 0 spiro atoms. The minimum Gasteiger partial charge on any atom is -0.481 e. The third-order valence-electron chi connectivity index (χ3n) is 3.55. The Labute approximate surface area is 129 Å². The van der Waals surface area contributed by atoms with Gasteiger partial charge in [0.25, 0.3) is 5.56 Å². The first-order valence-electron chi connectivity index (χ1n) is 7.02.